The van der Waals surface area contributed by atoms with E-state index in [2.05, 4.69) is 38.7 Å². The van der Waals surface area contributed by atoms with Crippen molar-refractivity contribution in [3.63, 3.8) is 0 Å². The van der Waals surface area contributed by atoms with Crippen LogP contribution < -0.4 is 4.90 Å². The molecule has 0 bridgehead atoms. The van der Waals surface area contributed by atoms with E-state index in [0.717, 1.165) is 41.9 Å². The summed E-state index contributed by atoms with van der Waals surface area (Å²) < 4.78 is 11.3. The van der Waals surface area contributed by atoms with Crippen LogP contribution in [0.3, 0.4) is 0 Å². The van der Waals surface area contributed by atoms with Gasteiger partial charge in [0.1, 0.15) is 11.9 Å². The highest BCUT2D eigenvalue weighted by Crippen LogP contribution is 2.43. The Balaban J connectivity index is 1.70. The summed E-state index contributed by atoms with van der Waals surface area (Å²) in [4.78, 5) is 22.3. The third kappa shape index (κ3) is 4.74. The summed E-state index contributed by atoms with van der Waals surface area (Å²) in [5.41, 5.74) is 3.82. The van der Waals surface area contributed by atoms with Crippen molar-refractivity contribution in [3.8, 4) is 6.07 Å². The molecular formula is C26H38N4O3. The standard InChI is InChI=1S/C26H38N4O3/c1-17(2)22-15-29(10-11-30(22)23(31)9-12-32-5)25-20(14-27)19-13-26(3,4)33-16-21(19)24(28-25)18-7-6-8-18/h17-18,22H,6-13,15-16H2,1-5H3. The van der Waals surface area contributed by atoms with Crippen molar-refractivity contribution in [3.05, 3.63) is 22.4 Å². The quantitative estimate of drug-likeness (QED) is 0.651. The minimum absolute atomic E-state index is 0.0828. The van der Waals surface area contributed by atoms with Crippen LogP contribution in [0.25, 0.3) is 0 Å². The minimum atomic E-state index is -0.291. The molecule has 1 unspecified atom stereocenters. The molecule has 0 spiro atoms. The van der Waals surface area contributed by atoms with E-state index in [-0.39, 0.29) is 17.6 Å². The molecule has 3 heterocycles. The van der Waals surface area contributed by atoms with Crippen LogP contribution in [0.1, 0.15) is 81.7 Å². The van der Waals surface area contributed by atoms with Gasteiger partial charge in [0.25, 0.3) is 0 Å². The van der Waals surface area contributed by atoms with Crippen molar-refractivity contribution in [1.29, 1.82) is 5.26 Å². The molecule has 2 aliphatic heterocycles. The lowest BCUT2D eigenvalue weighted by Crippen LogP contribution is -2.57. The number of amides is 1. The highest BCUT2D eigenvalue weighted by Gasteiger charge is 2.38. The summed E-state index contributed by atoms with van der Waals surface area (Å²) in [7, 11) is 1.63. The Morgan fingerprint density at radius 2 is 2.06 bits per heavy atom. The Bertz CT molecular complexity index is 932. The van der Waals surface area contributed by atoms with Crippen molar-refractivity contribution in [1.82, 2.24) is 9.88 Å². The van der Waals surface area contributed by atoms with E-state index in [9.17, 15) is 10.1 Å². The lowest BCUT2D eigenvalue weighted by Gasteiger charge is -2.45. The van der Waals surface area contributed by atoms with Gasteiger partial charge in [-0.1, -0.05) is 20.3 Å². The lowest BCUT2D eigenvalue weighted by molar-refractivity contribution is -0.135. The average molecular weight is 455 g/mol. The Morgan fingerprint density at radius 3 is 2.67 bits per heavy atom. The fourth-order valence-corrected chi connectivity index (χ4v) is 5.36. The maximum atomic E-state index is 12.8. The molecule has 1 saturated heterocycles. The van der Waals surface area contributed by atoms with E-state index in [0.29, 0.717) is 56.7 Å². The lowest BCUT2D eigenvalue weighted by atomic mass is 9.78. The second kappa shape index (κ2) is 9.60. The van der Waals surface area contributed by atoms with Gasteiger partial charge >= 0.3 is 0 Å². The molecule has 0 aromatic carbocycles. The van der Waals surface area contributed by atoms with Crippen molar-refractivity contribution in [2.45, 2.75) is 84.0 Å². The van der Waals surface area contributed by atoms with Gasteiger partial charge < -0.3 is 19.3 Å². The number of anilines is 1. The van der Waals surface area contributed by atoms with E-state index in [1.165, 1.54) is 6.42 Å². The predicted octanol–water partition coefficient (Wildman–Crippen LogP) is 3.78. The average Bonchev–Trinajstić information content (AvgIpc) is 2.74. The normalized spacial score (nSPS) is 22.6. The van der Waals surface area contributed by atoms with Crippen LogP contribution >= 0.6 is 0 Å². The van der Waals surface area contributed by atoms with Crippen LogP contribution in [0, 0.1) is 17.2 Å². The summed E-state index contributed by atoms with van der Waals surface area (Å²) in [6.45, 7) is 11.5. The van der Waals surface area contributed by atoms with E-state index >= 15 is 0 Å². The maximum Gasteiger partial charge on any atom is 0.225 e. The van der Waals surface area contributed by atoms with Crippen LogP contribution in [-0.4, -0.2) is 60.8 Å². The number of nitriles is 1. The second-order valence-electron chi connectivity index (χ2n) is 10.7. The van der Waals surface area contributed by atoms with Gasteiger partial charge in [0, 0.05) is 44.6 Å². The van der Waals surface area contributed by atoms with Crippen molar-refractivity contribution < 1.29 is 14.3 Å². The summed E-state index contributed by atoms with van der Waals surface area (Å²) >= 11 is 0. The number of ether oxygens (including phenoxy) is 2. The number of carbonyl (C=O) groups excluding carboxylic acids is 1. The third-order valence-corrected chi connectivity index (χ3v) is 7.57. The molecule has 3 aliphatic rings. The van der Waals surface area contributed by atoms with Crippen LogP contribution in [0.15, 0.2) is 0 Å². The number of fused-ring (bicyclic) bond motifs is 1. The van der Waals surface area contributed by atoms with Crippen molar-refractivity contribution in [2.24, 2.45) is 5.92 Å². The molecule has 1 amide bonds. The number of hydrogen-bond acceptors (Lipinski definition) is 6. The largest absolute Gasteiger partial charge is 0.384 e. The molecule has 1 aromatic heterocycles. The molecular weight excluding hydrogens is 416 g/mol. The smallest absolute Gasteiger partial charge is 0.225 e. The molecule has 180 valence electrons. The fraction of sp³-hybridized carbons (Fsp3) is 0.731. The topological polar surface area (TPSA) is 78.7 Å². The van der Waals surface area contributed by atoms with Gasteiger partial charge in [0.2, 0.25) is 5.91 Å². The first-order chi connectivity index (χ1) is 15.8. The van der Waals surface area contributed by atoms with Crippen LogP contribution in [0.5, 0.6) is 0 Å². The predicted molar refractivity (Wildman–Crippen MR) is 127 cm³/mol. The van der Waals surface area contributed by atoms with Crippen LogP contribution in [0.2, 0.25) is 0 Å². The first kappa shape index (κ1) is 24.0. The summed E-state index contributed by atoms with van der Waals surface area (Å²) in [5, 5.41) is 10.3. The van der Waals surface area contributed by atoms with Gasteiger partial charge in [-0.15, -0.1) is 0 Å². The Morgan fingerprint density at radius 1 is 1.30 bits per heavy atom. The highest BCUT2D eigenvalue weighted by atomic mass is 16.5. The molecule has 1 aromatic rings. The van der Waals surface area contributed by atoms with E-state index in [1.807, 2.05) is 4.90 Å². The van der Waals surface area contributed by atoms with Gasteiger partial charge in [-0.2, -0.15) is 5.26 Å². The van der Waals surface area contributed by atoms with Gasteiger partial charge in [0.05, 0.1) is 42.5 Å². The maximum absolute atomic E-state index is 12.8. The van der Waals surface area contributed by atoms with E-state index in [1.54, 1.807) is 7.11 Å². The molecule has 2 fully saturated rings. The molecule has 7 nitrogen and oxygen atoms in total. The molecule has 0 radical (unpaired) electrons. The van der Waals surface area contributed by atoms with Gasteiger partial charge in [-0.3, -0.25) is 4.79 Å². The fourth-order valence-electron chi connectivity index (χ4n) is 5.36. The van der Waals surface area contributed by atoms with Crippen LogP contribution in [-0.2, 0) is 27.3 Å². The molecule has 1 saturated carbocycles. The highest BCUT2D eigenvalue weighted by molar-refractivity contribution is 5.77. The van der Waals surface area contributed by atoms with Crippen molar-refractivity contribution >= 4 is 11.7 Å². The Hall–Kier alpha value is -2.17. The number of carbonyl (C=O) groups is 1. The van der Waals surface area contributed by atoms with Crippen molar-refractivity contribution in [2.75, 3.05) is 38.3 Å². The molecule has 0 N–H and O–H groups in total. The molecule has 1 aliphatic carbocycles. The molecule has 4 rings (SSSR count). The second-order valence-corrected chi connectivity index (χ2v) is 10.7. The zero-order valence-electron chi connectivity index (χ0n) is 20.8. The molecule has 1 atom stereocenters. The van der Waals surface area contributed by atoms with Gasteiger partial charge in [0.15, 0.2) is 0 Å². The van der Waals surface area contributed by atoms with E-state index < -0.39 is 0 Å². The number of pyridine rings is 1. The zero-order chi connectivity index (χ0) is 23.8. The Labute approximate surface area is 198 Å². The van der Waals surface area contributed by atoms with E-state index in [4.69, 9.17) is 14.5 Å². The van der Waals surface area contributed by atoms with Crippen LogP contribution in [0.4, 0.5) is 5.82 Å². The van der Waals surface area contributed by atoms with Gasteiger partial charge in [-0.05, 0) is 38.2 Å². The minimum Gasteiger partial charge on any atom is -0.384 e. The summed E-state index contributed by atoms with van der Waals surface area (Å²) in [6, 6.07) is 2.59. The first-order valence-electron chi connectivity index (χ1n) is 12.4. The first-order valence-corrected chi connectivity index (χ1v) is 12.4. The number of piperazine rings is 1. The monoisotopic (exact) mass is 454 g/mol. The number of methoxy groups -OCH3 is 1. The number of rotatable bonds is 6. The zero-order valence-corrected chi connectivity index (χ0v) is 20.8. The molecule has 7 heteroatoms. The number of aromatic nitrogens is 1. The summed E-state index contributed by atoms with van der Waals surface area (Å²) in [6.07, 6.45) is 4.68. The summed E-state index contributed by atoms with van der Waals surface area (Å²) in [5.74, 6) is 1.72. The Kier molecular flexibility index (Phi) is 6.97. The SMILES string of the molecule is COCCC(=O)N1CCN(c2nc(C3CCC3)c3c(c2C#N)CC(C)(C)OC3)CC1C(C)C. The number of hydrogen-bond donors (Lipinski definition) is 0. The molecule has 33 heavy (non-hydrogen) atoms. The third-order valence-electron chi connectivity index (χ3n) is 7.57. The van der Waals surface area contributed by atoms with Gasteiger partial charge in [-0.25, -0.2) is 4.98 Å². The number of nitrogens with zero attached hydrogens (tertiary/aromatic N) is 4.